The summed E-state index contributed by atoms with van der Waals surface area (Å²) < 4.78 is 10.5. The Hall–Kier alpha value is -0.490. The average molecular weight is 258 g/mol. The van der Waals surface area contributed by atoms with Gasteiger partial charge in [0, 0.05) is 31.3 Å². The molecule has 0 amide bonds. The molecule has 0 radical (unpaired) electrons. The van der Waals surface area contributed by atoms with Gasteiger partial charge in [-0.05, 0) is 0 Å². The van der Waals surface area contributed by atoms with Gasteiger partial charge in [-0.3, -0.25) is 9.89 Å². The number of ether oxygens (including phenoxy) is 2. The molecule has 1 rings (SSSR count). The van der Waals surface area contributed by atoms with Gasteiger partial charge in [0.2, 0.25) is 0 Å². The zero-order valence-corrected chi connectivity index (χ0v) is 11.6. The highest BCUT2D eigenvalue weighted by atomic mass is 16.5. The molecule has 5 heteroatoms. The van der Waals surface area contributed by atoms with Crippen molar-refractivity contribution in [2.45, 2.75) is 13.8 Å². The predicted molar refractivity (Wildman–Crippen MR) is 72.3 cm³/mol. The van der Waals surface area contributed by atoms with Crippen LogP contribution in [0.1, 0.15) is 13.8 Å². The molecule has 18 heavy (non-hydrogen) atoms. The minimum Gasteiger partial charge on any atom is -0.394 e. The number of rotatable bonds is 8. The van der Waals surface area contributed by atoms with Gasteiger partial charge in [0.1, 0.15) is 0 Å². The van der Waals surface area contributed by atoms with E-state index in [2.05, 4.69) is 23.7 Å². The third-order valence-corrected chi connectivity index (χ3v) is 2.78. The Morgan fingerprint density at radius 2 is 2.06 bits per heavy atom. The zero-order chi connectivity index (χ0) is 13.3. The Balaban J connectivity index is 2.18. The molecule has 106 valence electrons. The summed E-state index contributed by atoms with van der Waals surface area (Å²) >= 11 is 0. The van der Waals surface area contributed by atoms with Crippen molar-refractivity contribution in [2.75, 3.05) is 59.2 Å². The Kier molecular flexibility index (Phi) is 7.42. The molecular formula is C13H26N2O3. The largest absolute Gasteiger partial charge is 0.394 e. The first-order valence-electron chi connectivity index (χ1n) is 6.64. The standard InChI is InChI=1S/C13H26N2O3/c1-13(2,11-14-3-7-17-10-6-16)12-15-4-8-18-9-5-15/h11,16H,3-10,12H2,1-2H3. The summed E-state index contributed by atoms with van der Waals surface area (Å²) in [6.07, 6.45) is 2.02. The molecule has 5 nitrogen and oxygen atoms in total. The maximum atomic E-state index is 8.56. The van der Waals surface area contributed by atoms with E-state index in [1.807, 2.05) is 6.21 Å². The summed E-state index contributed by atoms with van der Waals surface area (Å²) in [5.41, 5.74) is 0.0777. The number of hydrogen-bond donors (Lipinski definition) is 1. The number of morpholine rings is 1. The molecule has 1 saturated heterocycles. The van der Waals surface area contributed by atoms with Crippen LogP contribution in [0.2, 0.25) is 0 Å². The Bertz CT molecular complexity index is 238. The lowest BCUT2D eigenvalue weighted by Crippen LogP contribution is -2.42. The van der Waals surface area contributed by atoms with Crippen molar-refractivity contribution < 1.29 is 14.6 Å². The van der Waals surface area contributed by atoms with Gasteiger partial charge in [-0.1, -0.05) is 13.8 Å². The van der Waals surface area contributed by atoms with Crippen LogP contribution in [0.5, 0.6) is 0 Å². The van der Waals surface area contributed by atoms with E-state index in [1.54, 1.807) is 0 Å². The van der Waals surface area contributed by atoms with Crippen LogP contribution in [-0.2, 0) is 9.47 Å². The van der Waals surface area contributed by atoms with Crippen molar-refractivity contribution in [1.82, 2.24) is 4.90 Å². The molecule has 0 aromatic rings. The van der Waals surface area contributed by atoms with Gasteiger partial charge in [0.25, 0.3) is 0 Å². The van der Waals surface area contributed by atoms with Crippen LogP contribution < -0.4 is 0 Å². The van der Waals surface area contributed by atoms with E-state index in [0.29, 0.717) is 19.8 Å². The second-order valence-electron chi connectivity index (χ2n) is 5.25. The number of hydrogen-bond acceptors (Lipinski definition) is 5. The number of aliphatic hydroxyl groups is 1. The molecule has 0 aliphatic carbocycles. The second-order valence-corrected chi connectivity index (χ2v) is 5.25. The van der Waals surface area contributed by atoms with E-state index in [1.165, 1.54) is 0 Å². The minimum atomic E-state index is 0.0756. The van der Waals surface area contributed by atoms with Gasteiger partial charge >= 0.3 is 0 Å². The summed E-state index contributed by atoms with van der Waals surface area (Å²) in [5.74, 6) is 0. The second kappa shape index (κ2) is 8.58. The highest BCUT2D eigenvalue weighted by Gasteiger charge is 2.21. The Morgan fingerprint density at radius 3 is 2.72 bits per heavy atom. The van der Waals surface area contributed by atoms with Gasteiger partial charge < -0.3 is 14.6 Å². The Labute approximate surface area is 110 Å². The van der Waals surface area contributed by atoms with E-state index in [0.717, 1.165) is 32.8 Å². The maximum absolute atomic E-state index is 8.56. The van der Waals surface area contributed by atoms with Gasteiger partial charge in [-0.2, -0.15) is 0 Å². The topological polar surface area (TPSA) is 54.3 Å². The zero-order valence-electron chi connectivity index (χ0n) is 11.6. The van der Waals surface area contributed by atoms with Gasteiger partial charge in [-0.15, -0.1) is 0 Å². The quantitative estimate of drug-likeness (QED) is 0.506. The molecule has 1 aliphatic rings. The van der Waals surface area contributed by atoms with Crippen molar-refractivity contribution in [3.8, 4) is 0 Å². The maximum Gasteiger partial charge on any atom is 0.0698 e. The van der Waals surface area contributed by atoms with Crippen LogP contribution >= 0.6 is 0 Å². The first-order chi connectivity index (χ1) is 8.64. The van der Waals surface area contributed by atoms with Crippen LogP contribution in [0.15, 0.2) is 4.99 Å². The minimum absolute atomic E-state index is 0.0756. The highest BCUT2D eigenvalue weighted by Crippen LogP contribution is 2.15. The lowest BCUT2D eigenvalue weighted by Gasteiger charge is -2.32. The van der Waals surface area contributed by atoms with Crippen molar-refractivity contribution >= 4 is 6.21 Å². The number of aliphatic imine (C=N–C) groups is 1. The molecule has 1 N–H and O–H groups in total. The van der Waals surface area contributed by atoms with Gasteiger partial charge in [-0.25, -0.2) is 0 Å². The lowest BCUT2D eigenvalue weighted by atomic mass is 9.94. The van der Waals surface area contributed by atoms with E-state index in [9.17, 15) is 0 Å². The van der Waals surface area contributed by atoms with E-state index in [4.69, 9.17) is 14.6 Å². The van der Waals surface area contributed by atoms with Crippen molar-refractivity contribution in [3.05, 3.63) is 0 Å². The third kappa shape index (κ3) is 7.06. The van der Waals surface area contributed by atoms with Crippen LogP contribution in [0.4, 0.5) is 0 Å². The monoisotopic (exact) mass is 258 g/mol. The lowest BCUT2D eigenvalue weighted by molar-refractivity contribution is 0.0289. The van der Waals surface area contributed by atoms with Crippen LogP contribution in [0.25, 0.3) is 0 Å². The van der Waals surface area contributed by atoms with Crippen LogP contribution in [0, 0.1) is 5.41 Å². The van der Waals surface area contributed by atoms with Crippen molar-refractivity contribution in [1.29, 1.82) is 0 Å². The predicted octanol–water partition coefficient (Wildman–Crippen LogP) is 0.425. The van der Waals surface area contributed by atoms with Crippen molar-refractivity contribution in [2.24, 2.45) is 10.4 Å². The summed E-state index contributed by atoms with van der Waals surface area (Å²) in [6, 6.07) is 0. The smallest absolute Gasteiger partial charge is 0.0698 e. The molecule has 1 aliphatic heterocycles. The molecule has 0 atom stereocenters. The molecule has 1 heterocycles. The number of aliphatic hydroxyl groups excluding tert-OH is 1. The van der Waals surface area contributed by atoms with Crippen molar-refractivity contribution in [3.63, 3.8) is 0 Å². The van der Waals surface area contributed by atoms with Gasteiger partial charge in [0.05, 0.1) is 39.6 Å². The van der Waals surface area contributed by atoms with Crippen LogP contribution in [-0.4, -0.2) is 75.4 Å². The normalized spacial score (nSPS) is 18.6. The van der Waals surface area contributed by atoms with Crippen LogP contribution in [0.3, 0.4) is 0 Å². The molecule has 0 aromatic carbocycles. The molecular weight excluding hydrogens is 232 g/mol. The Morgan fingerprint density at radius 1 is 1.33 bits per heavy atom. The third-order valence-electron chi connectivity index (χ3n) is 2.78. The first-order valence-corrected chi connectivity index (χ1v) is 6.64. The molecule has 0 unspecified atom stereocenters. The SMILES string of the molecule is CC(C)(C=NCCOCCO)CN1CCOCC1. The number of nitrogens with zero attached hydrogens (tertiary/aromatic N) is 2. The fourth-order valence-corrected chi connectivity index (χ4v) is 1.97. The molecule has 1 fully saturated rings. The molecule has 0 bridgehead atoms. The average Bonchev–Trinajstić information content (AvgIpc) is 2.34. The first kappa shape index (κ1) is 15.6. The molecule has 0 aromatic heterocycles. The summed E-state index contributed by atoms with van der Waals surface area (Å²) in [4.78, 5) is 6.81. The fraction of sp³-hybridized carbons (Fsp3) is 0.923. The molecule has 0 spiro atoms. The summed E-state index contributed by atoms with van der Waals surface area (Å²) in [5, 5.41) is 8.56. The summed E-state index contributed by atoms with van der Waals surface area (Å²) in [7, 11) is 0. The summed E-state index contributed by atoms with van der Waals surface area (Å²) in [6.45, 7) is 10.8. The van der Waals surface area contributed by atoms with E-state index in [-0.39, 0.29) is 12.0 Å². The molecule has 0 saturated carbocycles. The van der Waals surface area contributed by atoms with E-state index >= 15 is 0 Å². The highest BCUT2D eigenvalue weighted by molar-refractivity contribution is 5.64. The fourth-order valence-electron chi connectivity index (χ4n) is 1.97. The van der Waals surface area contributed by atoms with E-state index < -0.39 is 0 Å². The van der Waals surface area contributed by atoms with Gasteiger partial charge in [0.15, 0.2) is 0 Å².